The number of aromatic nitrogens is 1. The van der Waals surface area contributed by atoms with Gasteiger partial charge in [-0.25, -0.2) is 4.98 Å². The summed E-state index contributed by atoms with van der Waals surface area (Å²) in [4.78, 5) is 4.07. The molecule has 0 saturated carbocycles. The fourth-order valence-corrected chi connectivity index (χ4v) is 1.75. The predicted octanol–water partition coefficient (Wildman–Crippen LogP) is 3.58. The van der Waals surface area contributed by atoms with Gasteiger partial charge in [0, 0.05) is 17.8 Å². The molecule has 2 rings (SSSR count). The van der Waals surface area contributed by atoms with Gasteiger partial charge < -0.3 is 9.84 Å². The molecule has 3 nitrogen and oxygen atoms in total. The Morgan fingerprint density at radius 1 is 1.33 bits per heavy atom. The van der Waals surface area contributed by atoms with Gasteiger partial charge in [0.05, 0.1) is 11.6 Å². The molecular formula is C14H14ClNO2. The number of rotatable bonds is 4. The first kappa shape index (κ1) is 12.9. The minimum atomic E-state index is -0.132. The van der Waals surface area contributed by atoms with E-state index in [-0.39, 0.29) is 6.61 Å². The monoisotopic (exact) mass is 263 g/mol. The summed E-state index contributed by atoms with van der Waals surface area (Å²) >= 11 is 5.87. The molecule has 94 valence electrons. The number of hydrogen-bond donors (Lipinski definition) is 1. The second kappa shape index (κ2) is 5.85. The zero-order chi connectivity index (χ0) is 13.0. The third-order valence-electron chi connectivity index (χ3n) is 2.61. The molecule has 0 unspecified atom stereocenters. The summed E-state index contributed by atoms with van der Waals surface area (Å²) in [5.74, 6) is 1.16. The van der Waals surface area contributed by atoms with Crippen LogP contribution in [0.1, 0.15) is 18.1 Å². The van der Waals surface area contributed by atoms with Crippen molar-refractivity contribution in [2.24, 2.45) is 0 Å². The van der Waals surface area contributed by atoms with Gasteiger partial charge in [0.1, 0.15) is 5.75 Å². The molecule has 0 radical (unpaired) electrons. The van der Waals surface area contributed by atoms with Crippen molar-refractivity contribution in [2.75, 3.05) is 0 Å². The van der Waals surface area contributed by atoms with E-state index in [9.17, 15) is 0 Å². The van der Waals surface area contributed by atoms with Crippen LogP contribution in [-0.2, 0) is 13.0 Å². The molecule has 1 N–H and O–H groups in total. The summed E-state index contributed by atoms with van der Waals surface area (Å²) in [6.45, 7) is 1.95. The number of pyridine rings is 1. The second-order valence-corrected chi connectivity index (χ2v) is 4.28. The van der Waals surface area contributed by atoms with Crippen LogP contribution in [0, 0.1) is 0 Å². The Bertz CT molecular complexity index is 543. The highest BCUT2D eigenvalue weighted by atomic mass is 35.5. The molecule has 1 aromatic heterocycles. The van der Waals surface area contributed by atoms with Crippen LogP contribution in [0.15, 0.2) is 36.5 Å². The lowest BCUT2D eigenvalue weighted by Crippen LogP contribution is -1.92. The Morgan fingerprint density at radius 3 is 2.89 bits per heavy atom. The molecular weight excluding hydrogens is 250 g/mol. The molecule has 0 amide bonds. The van der Waals surface area contributed by atoms with Crippen LogP contribution >= 0.6 is 11.6 Å². The van der Waals surface area contributed by atoms with Gasteiger partial charge in [-0.05, 0) is 24.1 Å². The lowest BCUT2D eigenvalue weighted by Gasteiger charge is -2.07. The zero-order valence-corrected chi connectivity index (χ0v) is 10.8. The Balaban J connectivity index is 2.22. The van der Waals surface area contributed by atoms with E-state index in [2.05, 4.69) is 11.9 Å². The molecule has 1 aromatic carbocycles. The lowest BCUT2D eigenvalue weighted by molar-refractivity contribution is 0.281. The van der Waals surface area contributed by atoms with Crippen LogP contribution in [0.5, 0.6) is 11.6 Å². The molecule has 1 heterocycles. The number of benzene rings is 1. The van der Waals surface area contributed by atoms with E-state index in [1.54, 1.807) is 6.07 Å². The predicted molar refractivity (Wildman–Crippen MR) is 71.1 cm³/mol. The molecule has 0 aliphatic rings. The summed E-state index contributed by atoms with van der Waals surface area (Å²) in [6, 6.07) is 9.46. The maximum absolute atomic E-state index is 9.12. The van der Waals surface area contributed by atoms with Crippen LogP contribution in [0.25, 0.3) is 0 Å². The van der Waals surface area contributed by atoms with Crippen molar-refractivity contribution < 1.29 is 9.84 Å². The van der Waals surface area contributed by atoms with Crippen molar-refractivity contribution in [3.05, 3.63) is 52.7 Å². The van der Waals surface area contributed by atoms with Crippen molar-refractivity contribution in [2.45, 2.75) is 20.0 Å². The Labute approximate surface area is 111 Å². The number of aryl methyl sites for hydroxylation is 1. The first-order chi connectivity index (χ1) is 8.72. The van der Waals surface area contributed by atoms with Gasteiger partial charge in [-0.2, -0.15) is 0 Å². The Morgan fingerprint density at radius 2 is 2.17 bits per heavy atom. The van der Waals surface area contributed by atoms with Gasteiger partial charge in [-0.1, -0.05) is 30.7 Å². The zero-order valence-electron chi connectivity index (χ0n) is 10.1. The standard InChI is InChI=1S/C14H14ClNO2/c1-2-10-4-3-5-12(6-10)18-14-7-11(9-17)13(15)8-16-14/h3-8,17H,2,9H2,1H3. The number of ether oxygens (including phenoxy) is 1. The Kier molecular flexibility index (Phi) is 4.18. The highest BCUT2D eigenvalue weighted by Crippen LogP contribution is 2.24. The highest BCUT2D eigenvalue weighted by molar-refractivity contribution is 6.31. The average Bonchev–Trinajstić information content (AvgIpc) is 2.41. The number of halogens is 1. The van der Waals surface area contributed by atoms with E-state index < -0.39 is 0 Å². The molecule has 0 saturated heterocycles. The van der Waals surface area contributed by atoms with Gasteiger partial charge in [0.25, 0.3) is 0 Å². The first-order valence-corrected chi connectivity index (χ1v) is 6.12. The third-order valence-corrected chi connectivity index (χ3v) is 2.95. The SMILES string of the molecule is CCc1cccc(Oc2cc(CO)c(Cl)cn2)c1. The molecule has 0 bridgehead atoms. The summed E-state index contributed by atoms with van der Waals surface area (Å²) in [6.07, 6.45) is 2.43. The number of nitrogens with zero attached hydrogens (tertiary/aromatic N) is 1. The summed E-state index contributed by atoms with van der Waals surface area (Å²) in [7, 11) is 0. The van der Waals surface area contributed by atoms with Gasteiger partial charge in [-0.3, -0.25) is 0 Å². The van der Waals surface area contributed by atoms with E-state index in [0.717, 1.165) is 12.2 Å². The summed E-state index contributed by atoms with van der Waals surface area (Å²) in [5, 5.41) is 9.56. The minimum absolute atomic E-state index is 0.132. The number of hydrogen-bond acceptors (Lipinski definition) is 3. The van der Waals surface area contributed by atoms with Crippen LogP contribution in [0.4, 0.5) is 0 Å². The van der Waals surface area contributed by atoms with Crippen LogP contribution in [0.2, 0.25) is 5.02 Å². The first-order valence-electron chi connectivity index (χ1n) is 5.75. The maximum Gasteiger partial charge on any atom is 0.219 e. The van der Waals surface area contributed by atoms with Crippen molar-refractivity contribution in [1.82, 2.24) is 4.98 Å². The molecule has 2 aromatic rings. The van der Waals surface area contributed by atoms with Crippen molar-refractivity contribution in [3.63, 3.8) is 0 Å². The molecule has 0 aliphatic carbocycles. The van der Waals surface area contributed by atoms with Crippen LogP contribution < -0.4 is 4.74 Å². The van der Waals surface area contributed by atoms with E-state index in [1.807, 2.05) is 24.3 Å². The topological polar surface area (TPSA) is 42.4 Å². The normalized spacial score (nSPS) is 10.4. The van der Waals surface area contributed by atoms with Crippen LogP contribution in [0.3, 0.4) is 0 Å². The van der Waals surface area contributed by atoms with E-state index >= 15 is 0 Å². The van der Waals surface area contributed by atoms with Crippen molar-refractivity contribution in [1.29, 1.82) is 0 Å². The summed E-state index contributed by atoms with van der Waals surface area (Å²) < 4.78 is 5.64. The minimum Gasteiger partial charge on any atom is -0.439 e. The quantitative estimate of drug-likeness (QED) is 0.917. The second-order valence-electron chi connectivity index (χ2n) is 3.88. The fraction of sp³-hybridized carbons (Fsp3) is 0.214. The molecule has 0 aliphatic heterocycles. The average molecular weight is 264 g/mol. The number of aliphatic hydroxyl groups is 1. The van der Waals surface area contributed by atoms with Gasteiger partial charge in [0.15, 0.2) is 0 Å². The lowest BCUT2D eigenvalue weighted by atomic mass is 10.2. The smallest absolute Gasteiger partial charge is 0.219 e. The highest BCUT2D eigenvalue weighted by Gasteiger charge is 2.04. The molecule has 18 heavy (non-hydrogen) atoms. The van der Waals surface area contributed by atoms with E-state index in [1.165, 1.54) is 11.8 Å². The maximum atomic E-state index is 9.12. The molecule has 4 heteroatoms. The van der Waals surface area contributed by atoms with Gasteiger partial charge in [0.2, 0.25) is 5.88 Å². The molecule has 0 atom stereocenters. The molecule has 0 fully saturated rings. The van der Waals surface area contributed by atoms with Gasteiger partial charge >= 0.3 is 0 Å². The Hall–Kier alpha value is -1.58. The summed E-state index contributed by atoms with van der Waals surface area (Å²) in [5.41, 5.74) is 1.80. The number of aliphatic hydroxyl groups excluding tert-OH is 1. The largest absolute Gasteiger partial charge is 0.439 e. The van der Waals surface area contributed by atoms with Crippen molar-refractivity contribution >= 4 is 11.6 Å². The van der Waals surface area contributed by atoms with E-state index in [0.29, 0.717) is 16.5 Å². The van der Waals surface area contributed by atoms with Gasteiger partial charge in [-0.15, -0.1) is 0 Å². The van der Waals surface area contributed by atoms with E-state index in [4.69, 9.17) is 21.4 Å². The third kappa shape index (κ3) is 3.00. The molecule has 0 spiro atoms. The fourth-order valence-electron chi connectivity index (χ4n) is 1.59. The van der Waals surface area contributed by atoms with Crippen LogP contribution in [-0.4, -0.2) is 10.1 Å². The van der Waals surface area contributed by atoms with Crippen molar-refractivity contribution in [3.8, 4) is 11.6 Å².